The SMILES string of the molecule is CCc1cc2c(N3C(C)CC4CCCCC43)ncnc2s1. The number of fused-ring (bicyclic) bond motifs is 2. The maximum absolute atomic E-state index is 4.70. The van der Waals surface area contributed by atoms with Crippen LogP contribution in [0.15, 0.2) is 12.4 Å². The molecule has 112 valence electrons. The predicted octanol–water partition coefficient (Wildman–Crippen LogP) is 4.41. The van der Waals surface area contributed by atoms with E-state index in [0.717, 1.165) is 17.2 Å². The van der Waals surface area contributed by atoms with E-state index in [1.165, 1.54) is 48.2 Å². The molecule has 1 aliphatic carbocycles. The molecule has 2 aromatic rings. The van der Waals surface area contributed by atoms with Crippen LogP contribution in [-0.2, 0) is 6.42 Å². The van der Waals surface area contributed by atoms with E-state index in [0.29, 0.717) is 12.1 Å². The summed E-state index contributed by atoms with van der Waals surface area (Å²) < 4.78 is 0. The van der Waals surface area contributed by atoms with Gasteiger partial charge in [0.1, 0.15) is 17.0 Å². The molecule has 0 aromatic carbocycles. The highest BCUT2D eigenvalue weighted by atomic mass is 32.1. The third-order valence-electron chi connectivity index (χ3n) is 5.30. The molecule has 0 radical (unpaired) electrons. The van der Waals surface area contributed by atoms with Crippen molar-refractivity contribution in [1.82, 2.24) is 9.97 Å². The van der Waals surface area contributed by atoms with E-state index in [1.807, 2.05) is 11.3 Å². The lowest BCUT2D eigenvalue weighted by Gasteiger charge is -2.34. The first kappa shape index (κ1) is 13.5. The quantitative estimate of drug-likeness (QED) is 0.822. The highest BCUT2D eigenvalue weighted by Crippen LogP contribution is 2.43. The number of hydrogen-bond acceptors (Lipinski definition) is 4. The van der Waals surface area contributed by atoms with Gasteiger partial charge in [-0.25, -0.2) is 9.97 Å². The third kappa shape index (κ3) is 2.15. The van der Waals surface area contributed by atoms with Crippen LogP contribution in [0.4, 0.5) is 5.82 Å². The second-order valence-electron chi connectivity index (χ2n) is 6.59. The summed E-state index contributed by atoms with van der Waals surface area (Å²) in [4.78, 5) is 14.4. The van der Waals surface area contributed by atoms with Gasteiger partial charge in [0, 0.05) is 17.0 Å². The Balaban J connectivity index is 1.79. The van der Waals surface area contributed by atoms with Gasteiger partial charge in [-0.2, -0.15) is 0 Å². The summed E-state index contributed by atoms with van der Waals surface area (Å²) in [7, 11) is 0. The van der Waals surface area contributed by atoms with E-state index in [1.54, 1.807) is 6.33 Å². The Labute approximate surface area is 130 Å². The number of aromatic nitrogens is 2. The highest BCUT2D eigenvalue weighted by molar-refractivity contribution is 7.18. The normalized spacial score (nSPS) is 29.0. The van der Waals surface area contributed by atoms with E-state index in [2.05, 4.69) is 29.8 Å². The lowest BCUT2D eigenvalue weighted by atomic mass is 9.85. The Morgan fingerprint density at radius 2 is 2.14 bits per heavy atom. The topological polar surface area (TPSA) is 29.0 Å². The Hall–Kier alpha value is -1.16. The smallest absolute Gasteiger partial charge is 0.141 e. The molecule has 1 saturated heterocycles. The summed E-state index contributed by atoms with van der Waals surface area (Å²) in [6.45, 7) is 4.59. The van der Waals surface area contributed by atoms with Gasteiger partial charge in [0.25, 0.3) is 0 Å². The number of hydrogen-bond donors (Lipinski definition) is 0. The van der Waals surface area contributed by atoms with Crippen LogP contribution in [0.5, 0.6) is 0 Å². The van der Waals surface area contributed by atoms with Crippen LogP contribution in [-0.4, -0.2) is 22.1 Å². The first-order chi connectivity index (χ1) is 10.3. The molecule has 2 aromatic heterocycles. The fraction of sp³-hybridized carbons (Fsp3) is 0.647. The molecule has 1 saturated carbocycles. The molecule has 3 heterocycles. The van der Waals surface area contributed by atoms with Crippen LogP contribution in [0.3, 0.4) is 0 Å². The lowest BCUT2D eigenvalue weighted by Crippen LogP contribution is -2.38. The van der Waals surface area contributed by atoms with Gasteiger partial charge in [0.2, 0.25) is 0 Å². The molecule has 3 atom stereocenters. The van der Waals surface area contributed by atoms with Crippen molar-refractivity contribution in [3.05, 3.63) is 17.3 Å². The standard InChI is InChI=1S/C17H23N3S/c1-3-13-9-14-16(18-10-19-17(14)21-13)20-11(2)8-12-6-4-5-7-15(12)20/h9-12,15H,3-8H2,1-2H3. The zero-order valence-electron chi connectivity index (χ0n) is 12.9. The molecule has 3 nitrogen and oxygen atoms in total. The summed E-state index contributed by atoms with van der Waals surface area (Å²) in [5.74, 6) is 2.07. The molecule has 3 unspecified atom stereocenters. The highest BCUT2D eigenvalue weighted by Gasteiger charge is 2.41. The minimum atomic E-state index is 0.612. The first-order valence-electron chi connectivity index (χ1n) is 8.29. The summed E-state index contributed by atoms with van der Waals surface area (Å²) in [5.41, 5.74) is 0. The van der Waals surface area contributed by atoms with E-state index >= 15 is 0 Å². The Bertz CT molecular complexity index is 651. The molecule has 4 rings (SSSR count). The zero-order chi connectivity index (χ0) is 14.4. The van der Waals surface area contributed by atoms with E-state index < -0.39 is 0 Å². The minimum absolute atomic E-state index is 0.612. The van der Waals surface area contributed by atoms with Gasteiger partial charge >= 0.3 is 0 Å². The van der Waals surface area contributed by atoms with Gasteiger partial charge < -0.3 is 4.90 Å². The molecule has 2 fully saturated rings. The van der Waals surface area contributed by atoms with E-state index in [4.69, 9.17) is 4.98 Å². The van der Waals surface area contributed by atoms with Crippen molar-refractivity contribution in [1.29, 1.82) is 0 Å². The summed E-state index contributed by atoms with van der Waals surface area (Å²) in [6, 6.07) is 3.64. The molecule has 21 heavy (non-hydrogen) atoms. The molecule has 0 bridgehead atoms. The number of nitrogens with zero attached hydrogens (tertiary/aromatic N) is 3. The second-order valence-corrected chi connectivity index (χ2v) is 7.70. The first-order valence-corrected chi connectivity index (χ1v) is 9.11. The number of aryl methyl sites for hydroxylation is 1. The van der Waals surface area contributed by atoms with Gasteiger partial charge in [-0.15, -0.1) is 11.3 Å². The number of rotatable bonds is 2. The fourth-order valence-electron chi connectivity index (χ4n) is 4.35. The van der Waals surface area contributed by atoms with Gasteiger partial charge in [-0.05, 0) is 44.6 Å². The average Bonchev–Trinajstić information content (AvgIpc) is 3.06. The molecular weight excluding hydrogens is 278 g/mol. The van der Waals surface area contributed by atoms with E-state index in [-0.39, 0.29) is 0 Å². The molecule has 1 aliphatic heterocycles. The number of anilines is 1. The van der Waals surface area contributed by atoms with Crippen LogP contribution in [0.25, 0.3) is 10.2 Å². The summed E-state index contributed by atoms with van der Waals surface area (Å²) in [6.07, 6.45) is 9.72. The Kier molecular flexibility index (Phi) is 3.37. The van der Waals surface area contributed by atoms with Gasteiger partial charge in [-0.1, -0.05) is 19.8 Å². The van der Waals surface area contributed by atoms with Crippen LogP contribution in [0.2, 0.25) is 0 Å². The second kappa shape index (κ2) is 5.24. The summed E-state index contributed by atoms with van der Waals surface area (Å²) >= 11 is 1.82. The summed E-state index contributed by atoms with van der Waals surface area (Å²) in [5, 5.41) is 1.28. The average molecular weight is 301 g/mol. The van der Waals surface area contributed by atoms with Crippen molar-refractivity contribution < 1.29 is 0 Å². The lowest BCUT2D eigenvalue weighted by molar-refractivity contribution is 0.341. The monoisotopic (exact) mass is 301 g/mol. The Morgan fingerprint density at radius 1 is 1.29 bits per heavy atom. The maximum Gasteiger partial charge on any atom is 0.141 e. The minimum Gasteiger partial charge on any atom is -0.350 e. The van der Waals surface area contributed by atoms with Crippen molar-refractivity contribution in [3.63, 3.8) is 0 Å². The fourth-order valence-corrected chi connectivity index (χ4v) is 5.28. The van der Waals surface area contributed by atoms with Crippen molar-refractivity contribution in [2.75, 3.05) is 4.90 Å². The third-order valence-corrected chi connectivity index (χ3v) is 6.48. The Morgan fingerprint density at radius 3 is 3.00 bits per heavy atom. The molecule has 0 N–H and O–H groups in total. The van der Waals surface area contributed by atoms with Crippen LogP contribution < -0.4 is 4.90 Å². The predicted molar refractivity (Wildman–Crippen MR) is 89.1 cm³/mol. The van der Waals surface area contributed by atoms with Crippen molar-refractivity contribution in [2.45, 2.75) is 64.5 Å². The molecule has 0 spiro atoms. The molecular formula is C17H23N3S. The maximum atomic E-state index is 4.70. The van der Waals surface area contributed by atoms with Gasteiger partial charge in [0.05, 0.1) is 5.39 Å². The van der Waals surface area contributed by atoms with E-state index in [9.17, 15) is 0 Å². The van der Waals surface area contributed by atoms with Gasteiger partial charge in [-0.3, -0.25) is 0 Å². The van der Waals surface area contributed by atoms with Crippen molar-refractivity contribution >= 4 is 27.4 Å². The van der Waals surface area contributed by atoms with Crippen LogP contribution >= 0.6 is 11.3 Å². The molecule has 2 aliphatic rings. The molecule has 0 amide bonds. The zero-order valence-corrected chi connectivity index (χ0v) is 13.7. The molecule has 4 heteroatoms. The van der Waals surface area contributed by atoms with Crippen LogP contribution in [0.1, 0.15) is 50.8 Å². The largest absolute Gasteiger partial charge is 0.350 e. The van der Waals surface area contributed by atoms with Crippen LogP contribution in [0, 0.1) is 5.92 Å². The van der Waals surface area contributed by atoms with Gasteiger partial charge in [0.15, 0.2) is 0 Å². The number of thiophene rings is 1. The van der Waals surface area contributed by atoms with Crippen molar-refractivity contribution in [2.24, 2.45) is 5.92 Å². The van der Waals surface area contributed by atoms with Crippen molar-refractivity contribution in [3.8, 4) is 0 Å².